The second-order valence-electron chi connectivity index (χ2n) is 4.03. The second-order valence-corrected chi connectivity index (χ2v) is 4.79. The Morgan fingerprint density at radius 2 is 1.63 bits per heavy atom. The van der Waals surface area contributed by atoms with Gasteiger partial charge in [0, 0.05) is 47.3 Å². The second kappa shape index (κ2) is 11.6. The molecule has 0 saturated heterocycles. The zero-order valence-electron chi connectivity index (χ0n) is 10.7. The van der Waals surface area contributed by atoms with Crippen molar-refractivity contribution in [3.05, 3.63) is 29.8 Å². The molecule has 0 saturated carbocycles. The van der Waals surface area contributed by atoms with Crippen LogP contribution in [0.15, 0.2) is 24.3 Å². The molecule has 1 rings (SSSR count). The number of hydrogen-bond acceptors (Lipinski definition) is 2. The van der Waals surface area contributed by atoms with Crippen molar-refractivity contribution in [2.75, 3.05) is 29.7 Å². The Morgan fingerprint density at radius 3 is 2.11 bits per heavy atom. The van der Waals surface area contributed by atoms with Gasteiger partial charge in [0.05, 0.1) is 0 Å². The van der Waals surface area contributed by atoms with Crippen molar-refractivity contribution in [2.45, 2.75) is 19.3 Å². The zero-order valence-corrected chi connectivity index (χ0v) is 13.3. The minimum atomic E-state index is 0. The molecule has 19 heavy (non-hydrogen) atoms. The third kappa shape index (κ3) is 7.21. The number of carbonyl (C=O) groups excluding carboxylic acids is 1. The summed E-state index contributed by atoms with van der Waals surface area (Å²) in [5.74, 6) is 1.18. The van der Waals surface area contributed by atoms with E-state index in [9.17, 15) is 4.79 Å². The van der Waals surface area contributed by atoms with Crippen molar-refractivity contribution in [1.29, 1.82) is 0 Å². The van der Waals surface area contributed by atoms with E-state index in [0.29, 0.717) is 18.2 Å². The molecule has 0 amide bonds. The average molecular weight is 346 g/mol. The Balaban J connectivity index is 0.00000324. The molecule has 1 aromatic rings. The molecule has 0 atom stereocenters. The molecule has 0 heterocycles. The quantitative estimate of drug-likeness (QED) is 0.388. The van der Waals surface area contributed by atoms with Crippen molar-refractivity contribution in [3.63, 3.8) is 0 Å². The van der Waals surface area contributed by atoms with Crippen LogP contribution in [0.25, 0.3) is 0 Å². The van der Waals surface area contributed by atoms with Gasteiger partial charge in [-0.1, -0.05) is 18.6 Å². The van der Waals surface area contributed by atoms with Gasteiger partial charge in [0.2, 0.25) is 0 Å². The maximum atomic E-state index is 10.1. The topological polar surface area (TPSA) is 20.3 Å². The van der Waals surface area contributed by atoms with Crippen molar-refractivity contribution < 1.29 is 21.6 Å². The summed E-state index contributed by atoms with van der Waals surface area (Å²) in [6, 6.07) is 8.35. The molecule has 1 radical (unpaired) electrons. The van der Waals surface area contributed by atoms with E-state index in [1.54, 1.807) is 0 Å². The standard InChI is InChI=1S/C14H18Cl2NO.Co/c15-8-10-17(11-9-16)14-6-4-13(5-7-14)3-1-2-12-18;/h4-7H,1-3,8-11H2;/q-1;. The summed E-state index contributed by atoms with van der Waals surface area (Å²) in [5.41, 5.74) is 2.38. The number of unbranched alkanes of at least 4 members (excludes halogenated alkanes) is 1. The SMILES string of the molecule is O=[C-]CCCc1ccc(N(CCCl)CCCl)cc1.[Co]. The van der Waals surface area contributed by atoms with Gasteiger partial charge < -0.3 is 9.69 Å². The van der Waals surface area contributed by atoms with Crippen molar-refractivity contribution in [2.24, 2.45) is 0 Å². The number of alkyl halides is 2. The predicted octanol–water partition coefficient (Wildman–Crippen LogP) is 3.40. The number of hydrogen-bond donors (Lipinski definition) is 0. The Bertz CT molecular complexity index is 340. The first kappa shape index (κ1) is 18.8. The number of rotatable bonds is 9. The summed E-state index contributed by atoms with van der Waals surface area (Å²) in [6.07, 6.45) is 4.19. The summed E-state index contributed by atoms with van der Waals surface area (Å²) in [6.45, 7) is 1.60. The van der Waals surface area contributed by atoms with Gasteiger partial charge in [0.15, 0.2) is 0 Å². The minimum absolute atomic E-state index is 0. The van der Waals surface area contributed by atoms with Gasteiger partial charge in [-0.3, -0.25) is 6.29 Å². The van der Waals surface area contributed by atoms with Crippen LogP contribution in [0.3, 0.4) is 0 Å². The van der Waals surface area contributed by atoms with E-state index in [2.05, 4.69) is 29.2 Å². The molecule has 0 N–H and O–H groups in total. The van der Waals surface area contributed by atoms with Crippen LogP contribution in [0.2, 0.25) is 0 Å². The number of halogens is 2. The average Bonchev–Trinajstić information content (AvgIpc) is 2.40. The van der Waals surface area contributed by atoms with Gasteiger partial charge in [-0.15, -0.1) is 23.2 Å². The van der Waals surface area contributed by atoms with E-state index < -0.39 is 0 Å². The fourth-order valence-corrected chi connectivity index (χ4v) is 2.22. The van der Waals surface area contributed by atoms with Crippen LogP contribution in [-0.2, 0) is 28.0 Å². The molecule has 0 fully saturated rings. The van der Waals surface area contributed by atoms with Crippen molar-refractivity contribution in [1.82, 2.24) is 0 Å². The van der Waals surface area contributed by atoms with Gasteiger partial charge in [-0.05, 0) is 24.1 Å². The molecule has 0 unspecified atom stereocenters. The van der Waals surface area contributed by atoms with Gasteiger partial charge in [0.25, 0.3) is 0 Å². The predicted molar refractivity (Wildman–Crippen MR) is 78.7 cm³/mol. The van der Waals surface area contributed by atoms with Gasteiger partial charge in [-0.2, -0.15) is 6.42 Å². The normalized spacial score (nSPS) is 9.79. The number of anilines is 1. The van der Waals surface area contributed by atoms with Crippen molar-refractivity contribution in [3.8, 4) is 0 Å². The number of nitrogens with zero attached hydrogens (tertiary/aromatic N) is 1. The third-order valence-corrected chi connectivity index (χ3v) is 3.09. The third-order valence-electron chi connectivity index (χ3n) is 2.75. The van der Waals surface area contributed by atoms with Gasteiger partial charge in [0.1, 0.15) is 0 Å². The van der Waals surface area contributed by atoms with Gasteiger partial charge in [-0.25, -0.2) is 0 Å². The van der Waals surface area contributed by atoms with Crippen LogP contribution in [0.1, 0.15) is 18.4 Å². The molecule has 0 spiro atoms. The maximum absolute atomic E-state index is 10.1. The van der Waals surface area contributed by atoms with Crippen molar-refractivity contribution >= 4 is 35.2 Å². The van der Waals surface area contributed by atoms with E-state index >= 15 is 0 Å². The van der Waals surface area contributed by atoms with Crippen LogP contribution < -0.4 is 4.90 Å². The molecule has 0 aliphatic heterocycles. The van der Waals surface area contributed by atoms with Crippen LogP contribution >= 0.6 is 23.2 Å². The summed E-state index contributed by atoms with van der Waals surface area (Å²) in [7, 11) is 0. The maximum Gasteiger partial charge on any atom is 0.0399 e. The monoisotopic (exact) mass is 345 g/mol. The molecule has 0 aromatic heterocycles. The van der Waals surface area contributed by atoms with Gasteiger partial charge >= 0.3 is 0 Å². The molecule has 0 aliphatic carbocycles. The largest absolute Gasteiger partial charge is 0.542 e. The first-order chi connectivity index (χ1) is 8.81. The van der Waals surface area contributed by atoms with E-state index in [4.69, 9.17) is 23.2 Å². The Labute approximate surface area is 135 Å². The van der Waals surface area contributed by atoms with E-state index in [1.165, 1.54) is 5.56 Å². The summed E-state index contributed by atoms with van der Waals surface area (Å²) >= 11 is 11.6. The molecule has 109 valence electrons. The molecule has 1 aromatic carbocycles. The summed E-state index contributed by atoms with van der Waals surface area (Å²) in [5, 5.41) is 0. The molecular formula is C14H18Cl2CoNO-. The number of aryl methyl sites for hydroxylation is 1. The van der Waals surface area contributed by atoms with Crippen LogP contribution in [0, 0.1) is 0 Å². The van der Waals surface area contributed by atoms with E-state index in [1.807, 2.05) is 6.29 Å². The minimum Gasteiger partial charge on any atom is -0.542 e. The first-order valence-corrected chi connectivity index (χ1v) is 7.19. The molecule has 5 heteroatoms. The molecule has 0 bridgehead atoms. The Kier molecular flexibility index (Phi) is 11.5. The molecule has 2 nitrogen and oxygen atoms in total. The first-order valence-electron chi connectivity index (χ1n) is 6.12. The fourth-order valence-electron chi connectivity index (χ4n) is 1.81. The molecular weight excluding hydrogens is 328 g/mol. The van der Waals surface area contributed by atoms with E-state index in [0.717, 1.165) is 31.6 Å². The van der Waals surface area contributed by atoms with Crippen LogP contribution in [0.4, 0.5) is 5.69 Å². The fraction of sp³-hybridized carbons (Fsp3) is 0.500. The molecule has 0 aliphatic rings. The van der Waals surface area contributed by atoms with Crippen LogP contribution in [0.5, 0.6) is 0 Å². The Hall–Kier alpha value is -0.224. The summed E-state index contributed by atoms with van der Waals surface area (Å²) < 4.78 is 0. The number of benzene rings is 1. The van der Waals surface area contributed by atoms with Crippen LogP contribution in [-0.4, -0.2) is 31.1 Å². The van der Waals surface area contributed by atoms with E-state index in [-0.39, 0.29) is 16.8 Å². The zero-order chi connectivity index (χ0) is 13.2. The smallest absolute Gasteiger partial charge is 0.0399 e. The Morgan fingerprint density at radius 1 is 1.05 bits per heavy atom. The summed E-state index contributed by atoms with van der Waals surface area (Å²) in [4.78, 5) is 12.3.